The van der Waals surface area contributed by atoms with Crippen LogP contribution in [-0.4, -0.2) is 10.9 Å². The average molecular weight is 283 g/mol. The highest BCUT2D eigenvalue weighted by Gasteiger charge is 2.10. The maximum absolute atomic E-state index is 12.3. The Bertz CT molecular complexity index is 781. The van der Waals surface area contributed by atoms with Crippen LogP contribution in [0.2, 0.25) is 5.15 Å². The van der Waals surface area contributed by atoms with Crippen molar-refractivity contribution in [3.05, 3.63) is 71.4 Å². The molecule has 4 heteroatoms. The fourth-order valence-corrected chi connectivity index (χ4v) is 2.25. The summed E-state index contributed by atoms with van der Waals surface area (Å²) in [7, 11) is 0. The number of fused-ring (bicyclic) bond motifs is 1. The van der Waals surface area contributed by atoms with Crippen LogP contribution in [0.3, 0.4) is 0 Å². The van der Waals surface area contributed by atoms with Gasteiger partial charge in [0.25, 0.3) is 5.91 Å². The predicted octanol–water partition coefficient (Wildman–Crippen LogP) is 4.14. The van der Waals surface area contributed by atoms with Gasteiger partial charge in [-0.3, -0.25) is 4.79 Å². The average Bonchev–Trinajstić information content (AvgIpc) is 2.46. The zero-order valence-corrected chi connectivity index (χ0v) is 11.3. The first kappa shape index (κ1) is 12.6. The molecule has 3 aromatic rings. The zero-order valence-electron chi connectivity index (χ0n) is 10.5. The van der Waals surface area contributed by atoms with Crippen molar-refractivity contribution in [1.82, 2.24) is 4.98 Å². The highest BCUT2D eigenvalue weighted by Crippen LogP contribution is 2.19. The van der Waals surface area contributed by atoms with Crippen LogP contribution >= 0.6 is 11.6 Å². The van der Waals surface area contributed by atoms with Crippen LogP contribution in [0.4, 0.5) is 5.82 Å². The predicted molar refractivity (Wildman–Crippen MR) is 81.1 cm³/mol. The van der Waals surface area contributed by atoms with E-state index in [0.29, 0.717) is 16.5 Å². The molecule has 1 heterocycles. The second kappa shape index (κ2) is 5.31. The molecule has 0 spiro atoms. The van der Waals surface area contributed by atoms with Gasteiger partial charge in [0.05, 0.1) is 0 Å². The van der Waals surface area contributed by atoms with E-state index in [-0.39, 0.29) is 5.91 Å². The van der Waals surface area contributed by atoms with Crippen molar-refractivity contribution in [2.75, 3.05) is 5.32 Å². The molecule has 3 rings (SSSR count). The maximum Gasteiger partial charge on any atom is 0.257 e. The van der Waals surface area contributed by atoms with E-state index in [4.69, 9.17) is 11.6 Å². The molecular formula is C16H11ClN2O. The molecule has 0 bridgehead atoms. The highest BCUT2D eigenvalue weighted by molar-refractivity contribution is 6.29. The Hall–Kier alpha value is -2.39. The molecule has 1 amide bonds. The van der Waals surface area contributed by atoms with Gasteiger partial charge in [-0.15, -0.1) is 0 Å². The van der Waals surface area contributed by atoms with Crippen LogP contribution in [-0.2, 0) is 0 Å². The number of carbonyl (C=O) groups excluding carboxylic acids is 1. The van der Waals surface area contributed by atoms with Gasteiger partial charge in [-0.05, 0) is 29.0 Å². The summed E-state index contributed by atoms with van der Waals surface area (Å²) >= 11 is 5.81. The number of anilines is 1. The van der Waals surface area contributed by atoms with Crippen LogP contribution in [0, 0.1) is 0 Å². The zero-order chi connectivity index (χ0) is 13.9. The van der Waals surface area contributed by atoms with Gasteiger partial charge in [-0.25, -0.2) is 4.98 Å². The smallest absolute Gasteiger partial charge is 0.257 e. The van der Waals surface area contributed by atoms with E-state index in [1.807, 2.05) is 36.4 Å². The standard InChI is InChI=1S/C16H11ClN2O/c17-14-9-4-10-15(18-14)19-16(20)13-8-3-6-11-5-1-2-7-12(11)13/h1-10H,(H,18,19,20). The second-order valence-electron chi connectivity index (χ2n) is 4.33. The number of rotatable bonds is 2. The normalized spacial score (nSPS) is 10.4. The molecule has 1 N–H and O–H groups in total. The van der Waals surface area contributed by atoms with Crippen LogP contribution in [0.1, 0.15) is 10.4 Å². The molecule has 3 nitrogen and oxygen atoms in total. The Morgan fingerprint density at radius 1 is 0.950 bits per heavy atom. The molecule has 98 valence electrons. The number of pyridine rings is 1. The lowest BCUT2D eigenvalue weighted by Crippen LogP contribution is -2.13. The lowest BCUT2D eigenvalue weighted by Gasteiger charge is -2.07. The van der Waals surface area contributed by atoms with Crippen molar-refractivity contribution in [2.45, 2.75) is 0 Å². The second-order valence-corrected chi connectivity index (χ2v) is 4.71. The lowest BCUT2D eigenvalue weighted by molar-refractivity contribution is 0.102. The first-order chi connectivity index (χ1) is 9.74. The van der Waals surface area contributed by atoms with E-state index < -0.39 is 0 Å². The molecule has 0 aliphatic rings. The molecule has 0 radical (unpaired) electrons. The third kappa shape index (κ3) is 2.49. The van der Waals surface area contributed by atoms with Crippen LogP contribution in [0.15, 0.2) is 60.7 Å². The Balaban J connectivity index is 1.97. The first-order valence-corrected chi connectivity index (χ1v) is 6.53. The number of nitrogens with one attached hydrogen (secondary N) is 1. The fourth-order valence-electron chi connectivity index (χ4n) is 2.08. The molecule has 2 aromatic carbocycles. The summed E-state index contributed by atoms with van der Waals surface area (Å²) in [6, 6.07) is 18.5. The molecule has 0 fully saturated rings. The topological polar surface area (TPSA) is 42.0 Å². The molecule has 0 aliphatic heterocycles. The van der Waals surface area contributed by atoms with E-state index in [2.05, 4.69) is 10.3 Å². The molecule has 0 saturated heterocycles. The molecule has 1 aromatic heterocycles. The van der Waals surface area contributed by atoms with Gasteiger partial charge in [0, 0.05) is 5.56 Å². The summed E-state index contributed by atoms with van der Waals surface area (Å²) in [5.41, 5.74) is 0.616. The van der Waals surface area contributed by atoms with Crippen molar-refractivity contribution in [1.29, 1.82) is 0 Å². The first-order valence-electron chi connectivity index (χ1n) is 6.16. The van der Waals surface area contributed by atoms with Crippen LogP contribution in [0.5, 0.6) is 0 Å². The summed E-state index contributed by atoms with van der Waals surface area (Å²) in [6.07, 6.45) is 0. The van der Waals surface area contributed by atoms with Gasteiger partial charge in [0.15, 0.2) is 0 Å². The molecule has 0 atom stereocenters. The minimum atomic E-state index is -0.198. The molecule has 0 unspecified atom stereocenters. The summed E-state index contributed by atoms with van der Waals surface area (Å²) in [5, 5.41) is 5.04. The SMILES string of the molecule is O=C(Nc1cccc(Cl)n1)c1cccc2ccccc12. The minimum absolute atomic E-state index is 0.198. The van der Waals surface area contributed by atoms with Crippen molar-refractivity contribution >= 4 is 34.1 Å². The fraction of sp³-hybridized carbons (Fsp3) is 0. The van der Waals surface area contributed by atoms with Gasteiger partial charge in [-0.2, -0.15) is 0 Å². The third-order valence-electron chi connectivity index (χ3n) is 2.99. The highest BCUT2D eigenvalue weighted by atomic mass is 35.5. The number of amides is 1. The van der Waals surface area contributed by atoms with Crippen LogP contribution in [0.25, 0.3) is 10.8 Å². The van der Waals surface area contributed by atoms with Gasteiger partial charge in [0.2, 0.25) is 0 Å². The van der Waals surface area contributed by atoms with E-state index in [0.717, 1.165) is 10.8 Å². The van der Waals surface area contributed by atoms with E-state index >= 15 is 0 Å². The molecule has 20 heavy (non-hydrogen) atoms. The molecule has 0 aliphatic carbocycles. The lowest BCUT2D eigenvalue weighted by atomic mass is 10.0. The molecular weight excluding hydrogens is 272 g/mol. The van der Waals surface area contributed by atoms with E-state index in [9.17, 15) is 4.79 Å². The van der Waals surface area contributed by atoms with E-state index in [1.54, 1.807) is 24.3 Å². The summed E-state index contributed by atoms with van der Waals surface area (Å²) in [6.45, 7) is 0. The van der Waals surface area contributed by atoms with Crippen molar-refractivity contribution < 1.29 is 4.79 Å². The van der Waals surface area contributed by atoms with Gasteiger partial charge < -0.3 is 5.32 Å². The summed E-state index contributed by atoms with van der Waals surface area (Å²) < 4.78 is 0. The summed E-state index contributed by atoms with van der Waals surface area (Å²) in [4.78, 5) is 16.4. The van der Waals surface area contributed by atoms with Crippen molar-refractivity contribution in [3.8, 4) is 0 Å². The maximum atomic E-state index is 12.3. The van der Waals surface area contributed by atoms with Gasteiger partial charge in [-0.1, -0.05) is 54.1 Å². The summed E-state index contributed by atoms with van der Waals surface area (Å²) in [5.74, 6) is 0.243. The quantitative estimate of drug-likeness (QED) is 0.718. The third-order valence-corrected chi connectivity index (χ3v) is 3.20. The Morgan fingerprint density at radius 2 is 1.70 bits per heavy atom. The number of nitrogens with zero attached hydrogens (tertiary/aromatic N) is 1. The van der Waals surface area contributed by atoms with Crippen molar-refractivity contribution in [3.63, 3.8) is 0 Å². The minimum Gasteiger partial charge on any atom is -0.306 e. The van der Waals surface area contributed by atoms with Crippen molar-refractivity contribution in [2.24, 2.45) is 0 Å². The monoisotopic (exact) mass is 282 g/mol. The Kier molecular flexibility index (Phi) is 3.35. The Labute approximate surface area is 121 Å². The number of aromatic nitrogens is 1. The number of hydrogen-bond acceptors (Lipinski definition) is 2. The number of benzene rings is 2. The van der Waals surface area contributed by atoms with Gasteiger partial charge in [0.1, 0.15) is 11.0 Å². The van der Waals surface area contributed by atoms with Crippen LogP contribution < -0.4 is 5.32 Å². The Morgan fingerprint density at radius 3 is 2.55 bits per heavy atom. The number of hydrogen-bond donors (Lipinski definition) is 1. The molecule has 0 saturated carbocycles. The van der Waals surface area contributed by atoms with E-state index in [1.165, 1.54) is 0 Å². The number of halogens is 1. The number of carbonyl (C=O) groups is 1. The largest absolute Gasteiger partial charge is 0.306 e. The van der Waals surface area contributed by atoms with Gasteiger partial charge >= 0.3 is 0 Å².